The number of hydrogen-bond acceptors (Lipinski definition) is 5. The molecule has 1 aromatic heterocycles. The van der Waals surface area contributed by atoms with Crippen LogP contribution in [-0.4, -0.2) is 35.7 Å². The molecule has 1 heterocycles. The largest absolute Gasteiger partial charge is 0.479 e. The zero-order valence-electron chi connectivity index (χ0n) is 7.97. The van der Waals surface area contributed by atoms with E-state index in [-0.39, 0.29) is 11.4 Å². The highest BCUT2D eigenvalue weighted by atomic mass is 16.5. The molecule has 80 valence electrons. The van der Waals surface area contributed by atoms with Gasteiger partial charge in [-0.2, -0.15) is 0 Å². The van der Waals surface area contributed by atoms with Crippen molar-refractivity contribution in [3.8, 4) is 5.88 Å². The lowest BCUT2D eigenvalue weighted by Crippen LogP contribution is -2.10. The number of pyridine rings is 1. The number of esters is 1. The minimum absolute atomic E-state index is 0.144. The molecule has 0 saturated carbocycles. The zero-order valence-corrected chi connectivity index (χ0v) is 7.97. The normalized spacial score (nSPS) is 9.40. The molecule has 0 aliphatic heterocycles. The lowest BCUT2D eigenvalue weighted by atomic mass is 10.3. The molecule has 0 bridgehead atoms. The van der Waals surface area contributed by atoms with E-state index in [4.69, 9.17) is 9.84 Å². The van der Waals surface area contributed by atoms with Gasteiger partial charge in [0.1, 0.15) is 0 Å². The molecular formula is C9H9NO5. The van der Waals surface area contributed by atoms with Crippen LogP contribution in [-0.2, 0) is 9.53 Å². The highest BCUT2D eigenvalue weighted by Crippen LogP contribution is 2.08. The van der Waals surface area contributed by atoms with E-state index in [0.29, 0.717) is 0 Å². The number of nitrogens with zero attached hydrogens (tertiary/aromatic N) is 1. The van der Waals surface area contributed by atoms with Crippen molar-refractivity contribution in [3.63, 3.8) is 0 Å². The standard InChI is InChI=1S/C9H9NO5/c1-14-9(13)6-2-3-7(10-4-6)15-5-8(11)12/h2-4H,5H2,1H3,(H,11,12). The summed E-state index contributed by atoms with van der Waals surface area (Å²) in [6, 6.07) is 2.84. The van der Waals surface area contributed by atoms with Gasteiger partial charge in [0, 0.05) is 12.3 Å². The topological polar surface area (TPSA) is 85.7 Å². The lowest BCUT2D eigenvalue weighted by molar-refractivity contribution is -0.139. The van der Waals surface area contributed by atoms with Crippen LogP contribution < -0.4 is 4.74 Å². The Morgan fingerprint density at radius 3 is 2.67 bits per heavy atom. The molecule has 1 rings (SSSR count). The van der Waals surface area contributed by atoms with Crippen molar-refractivity contribution < 1.29 is 24.2 Å². The van der Waals surface area contributed by atoms with Crippen LogP contribution >= 0.6 is 0 Å². The van der Waals surface area contributed by atoms with Crippen LogP contribution in [0.4, 0.5) is 0 Å². The second kappa shape index (κ2) is 4.94. The molecule has 0 saturated heterocycles. The maximum absolute atomic E-state index is 11.0. The summed E-state index contributed by atoms with van der Waals surface area (Å²) in [6.07, 6.45) is 1.25. The van der Waals surface area contributed by atoms with Crippen LogP contribution in [0.1, 0.15) is 10.4 Å². The van der Waals surface area contributed by atoms with E-state index >= 15 is 0 Å². The third-order valence-corrected chi connectivity index (χ3v) is 1.50. The van der Waals surface area contributed by atoms with Gasteiger partial charge in [-0.05, 0) is 6.07 Å². The second-order valence-electron chi connectivity index (χ2n) is 2.56. The number of carbonyl (C=O) groups is 2. The molecule has 0 atom stereocenters. The summed E-state index contributed by atoms with van der Waals surface area (Å²) in [7, 11) is 1.26. The fourth-order valence-corrected chi connectivity index (χ4v) is 0.840. The number of ether oxygens (including phenoxy) is 2. The van der Waals surface area contributed by atoms with Crippen molar-refractivity contribution in [2.45, 2.75) is 0 Å². The average Bonchev–Trinajstić information content (AvgIpc) is 2.26. The Bertz CT molecular complexity index is 359. The summed E-state index contributed by atoms with van der Waals surface area (Å²) in [4.78, 5) is 24.9. The highest BCUT2D eigenvalue weighted by molar-refractivity contribution is 5.88. The fourth-order valence-electron chi connectivity index (χ4n) is 0.840. The Morgan fingerprint density at radius 1 is 1.47 bits per heavy atom. The Hall–Kier alpha value is -2.11. The minimum atomic E-state index is -1.09. The summed E-state index contributed by atoms with van der Waals surface area (Å²) in [5, 5.41) is 8.33. The molecule has 0 aromatic carbocycles. The van der Waals surface area contributed by atoms with Gasteiger partial charge in [-0.15, -0.1) is 0 Å². The van der Waals surface area contributed by atoms with Crippen LogP contribution in [0.2, 0.25) is 0 Å². The van der Waals surface area contributed by atoms with Crippen LogP contribution in [0.3, 0.4) is 0 Å². The van der Waals surface area contributed by atoms with E-state index in [1.807, 2.05) is 0 Å². The third kappa shape index (κ3) is 3.26. The first-order valence-electron chi connectivity index (χ1n) is 4.02. The first-order valence-corrected chi connectivity index (χ1v) is 4.02. The van der Waals surface area contributed by atoms with Crippen molar-refractivity contribution in [2.24, 2.45) is 0 Å². The van der Waals surface area contributed by atoms with Gasteiger partial charge in [0.15, 0.2) is 6.61 Å². The van der Waals surface area contributed by atoms with Gasteiger partial charge in [-0.3, -0.25) is 0 Å². The average molecular weight is 211 g/mol. The molecule has 6 heteroatoms. The van der Waals surface area contributed by atoms with Crippen LogP contribution in [0, 0.1) is 0 Å². The monoisotopic (exact) mass is 211 g/mol. The Labute approximate surface area is 85.5 Å². The van der Waals surface area contributed by atoms with E-state index in [0.717, 1.165) is 0 Å². The molecule has 1 N–H and O–H groups in total. The highest BCUT2D eigenvalue weighted by Gasteiger charge is 2.06. The van der Waals surface area contributed by atoms with Gasteiger partial charge in [-0.25, -0.2) is 14.6 Å². The first-order chi connectivity index (χ1) is 7.13. The van der Waals surface area contributed by atoms with Crippen molar-refractivity contribution in [2.75, 3.05) is 13.7 Å². The van der Waals surface area contributed by atoms with E-state index in [9.17, 15) is 9.59 Å². The zero-order chi connectivity index (χ0) is 11.3. The molecule has 15 heavy (non-hydrogen) atoms. The maximum Gasteiger partial charge on any atom is 0.341 e. The number of carbonyl (C=O) groups excluding carboxylic acids is 1. The van der Waals surface area contributed by atoms with Gasteiger partial charge in [0.2, 0.25) is 5.88 Å². The lowest BCUT2D eigenvalue weighted by Gasteiger charge is -2.02. The number of hydrogen-bond donors (Lipinski definition) is 1. The number of aliphatic carboxylic acids is 1. The van der Waals surface area contributed by atoms with Crippen molar-refractivity contribution >= 4 is 11.9 Å². The Balaban J connectivity index is 2.64. The smallest absolute Gasteiger partial charge is 0.341 e. The molecule has 0 aliphatic carbocycles. The van der Waals surface area contributed by atoms with Crippen LogP contribution in [0.25, 0.3) is 0 Å². The fraction of sp³-hybridized carbons (Fsp3) is 0.222. The van der Waals surface area contributed by atoms with E-state index in [1.54, 1.807) is 0 Å². The van der Waals surface area contributed by atoms with Gasteiger partial charge in [0.05, 0.1) is 12.7 Å². The number of carboxylic acid groups (broad SMARTS) is 1. The summed E-state index contributed by atoms with van der Waals surface area (Å²) >= 11 is 0. The van der Waals surface area contributed by atoms with E-state index in [1.165, 1.54) is 25.4 Å². The molecule has 0 spiro atoms. The summed E-state index contributed by atoms with van der Waals surface area (Å²) in [5.74, 6) is -1.45. The predicted molar refractivity (Wildman–Crippen MR) is 48.7 cm³/mol. The Kier molecular flexibility index (Phi) is 3.61. The van der Waals surface area contributed by atoms with E-state index < -0.39 is 18.5 Å². The minimum Gasteiger partial charge on any atom is -0.479 e. The summed E-state index contributed by atoms with van der Waals surface area (Å²) < 4.78 is 9.23. The van der Waals surface area contributed by atoms with Gasteiger partial charge < -0.3 is 14.6 Å². The quantitative estimate of drug-likeness (QED) is 0.722. The Morgan fingerprint density at radius 2 is 2.20 bits per heavy atom. The molecule has 0 amide bonds. The van der Waals surface area contributed by atoms with Crippen LogP contribution in [0.5, 0.6) is 5.88 Å². The molecule has 0 fully saturated rings. The van der Waals surface area contributed by atoms with Gasteiger partial charge >= 0.3 is 11.9 Å². The van der Waals surface area contributed by atoms with Crippen molar-refractivity contribution in [1.82, 2.24) is 4.98 Å². The molecular weight excluding hydrogens is 202 g/mol. The van der Waals surface area contributed by atoms with Crippen LogP contribution in [0.15, 0.2) is 18.3 Å². The van der Waals surface area contributed by atoms with Gasteiger partial charge in [-0.1, -0.05) is 0 Å². The third-order valence-electron chi connectivity index (χ3n) is 1.50. The molecule has 0 unspecified atom stereocenters. The summed E-state index contributed by atoms with van der Waals surface area (Å²) in [6.45, 7) is -0.468. The number of methoxy groups -OCH3 is 1. The van der Waals surface area contributed by atoms with Crippen molar-refractivity contribution in [1.29, 1.82) is 0 Å². The summed E-state index contributed by atoms with van der Waals surface area (Å²) in [5.41, 5.74) is 0.278. The number of rotatable bonds is 4. The number of aromatic nitrogens is 1. The predicted octanol–water partition coefficient (Wildman–Crippen LogP) is 0.332. The van der Waals surface area contributed by atoms with Crippen molar-refractivity contribution in [3.05, 3.63) is 23.9 Å². The molecule has 1 aromatic rings. The van der Waals surface area contributed by atoms with Gasteiger partial charge in [0.25, 0.3) is 0 Å². The maximum atomic E-state index is 11.0. The SMILES string of the molecule is COC(=O)c1ccc(OCC(=O)O)nc1. The number of carboxylic acids is 1. The molecule has 0 radical (unpaired) electrons. The van der Waals surface area contributed by atoms with E-state index in [2.05, 4.69) is 9.72 Å². The molecule has 6 nitrogen and oxygen atoms in total. The first kappa shape index (κ1) is 11.0. The molecule has 0 aliphatic rings. The second-order valence-corrected chi connectivity index (χ2v) is 2.56.